The molecule has 0 aliphatic heterocycles. The van der Waals surface area contributed by atoms with Crippen molar-refractivity contribution in [3.63, 3.8) is 0 Å². The Labute approximate surface area is 125 Å². The molecule has 1 unspecified atom stereocenters. The van der Waals surface area contributed by atoms with Crippen LogP contribution in [0.3, 0.4) is 0 Å². The van der Waals surface area contributed by atoms with Crippen LogP contribution < -0.4 is 5.32 Å². The normalized spacial score (nSPS) is 12.4. The Morgan fingerprint density at radius 2 is 1.86 bits per heavy atom. The van der Waals surface area contributed by atoms with E-state index in [2.05, 4.69) is 12.2 Å². The summed E-state index contributed by atoms with van der Waals surface area (Å²) in [7, 11) is 0. The molecule has 112 valence electrons. The van der Waals surface area contributed by atoms with Crippen molar-refractivity contribution in [3.8, 4) is 0 Å². The fourth-order valence-electron chi connectivity index (χ4n) is 2.52. The summed E-state index contributed by atoms with van der Waals surface area (Å²) in [4.78, 5) is 0. The second-order valence-electron chi connectivity index (χ2n) is 5.30. The van der Waals surface area contributed by atoms with Crippen molar-refractivity contribution < 1.29 is 8.78 Å². The lowest BCUT2D eigenvalue weighted by Gasteiger charge is -2.21. The molecule has 21 heavy (non-hydrogen) atoms. The summed E-state index contributed by atoms with van der Waals surface area (Å²) in [6.07, 6.45) is 1.55. The number of rotatable bonds is 6. The molecule has 0 radical (unpaired) electrons. The maximum absolute atomic E-state index is 13.9. The molecule has 0 heterocycles. The van der Waals surface area contributed by atoms with Crippen LogP contribution in [-0.4, -0.2) is 6.54 Å². The van der Waals surface area contributed by atoms with Gasteiger partial charge in [0.05, 0.1) is 0 Å². The molecule has 0 saturated carbocycles. The van der Waals surface area contributed by atoms with Gasteiger partial charge in [-0.15, -0.1) is 0 Å². The lowest BCUT2D eigenvalue weighted by atomic mass is 9.95. The van der Waals surface area contributed by atoms with Gasteiger partial charge < -0.3 is 5.32 Å². The summed E-state index contributed by atoms with van der Waals surface area (Å²) in [6, 6.07) is 11.6. The fraction of sp³-hybridized carbons (Fsp3) is 0.333. The van der Waals surface area contributed by atoms with Gasteiger partial charge >= 0.3 is 0 Å². The van der Waals surface area contributed by atoms with E-state index in [-0.39, 0.29) is 17.7 Å². The van der Waals surface area contributed by atoms with Gasteiger partial charge in [-0.2, -0.15) is 0 Å². The minimum atomic E-state index is -0.239. The Hall–Kier alpha value is -1.74. The highest BCUT2D eigenvalue weighted by Crippen LogP contribution is 2.23. The van der Waals surface area contributed by atoms with Crippen molar-refractivity contribution in [1.82, 2.24) is 5.32 Å². The molecule has 1 atom stereocenters. The van der Waals surface area contributed by atoms with Crippen LogP contribution in [0, 0.1) is 18.6 Å². The highest BCUT2D eigenvalue weighted by atomic mass is 19.1. The minimum Gasteiger partial charge on any atom is -0.310 e. The SMILES string of the molecule is CCCNC(Cc1ccccc1F)c1ccc(F)cc1C. The fourth-order valence-corrected chi connectivity index (χ4v) is 2.52. The van der Waals surface area contributed by atoms with E-state index in [1.807, 2.05) is 13.0 Å². The van der Waals surface area contributed by atoms with Gasteiger partial charge in [0, 0.05) is 6.04 Å². The predicted molar refractivity (Wildman–Crippen MR) is 82.3 cm³/mol. The second-order valence-corrected chi connectivity index (χ2v) is 5.30. The smallest absolute Gasteiger partial charge is 0.126 e. The summed E-state index contributed by atoms with van der Waals surface area (Å²) >= 11 is 0. The quantitative estimate of drug-likeness (QED) is 0.822. The van der Waals surface area contributed by atoms with Crippen LogP contribution in [0.2, 0.25) is 0 Å². The van der Waals surface area contributed by atoms with Crippen molar-refractivity contribution >= 4 is 0 Å². The topological polar surface area (TPSA) is 12.0 Å². The summed E-state index contributed by atoms with van der Waals surface area (Å²) < 4.78 is 27.1. The third kappa shape index (κ3) is 4.11. The Morgan fingerprint density at radius 1 is 1.10 bits per heavy atom. The number of benzene rings is 2. The molecule has 0 aliphatic rings. The summed E-state index contributed by atoms with van der Waals surface area (Å²) in [5.74, 6) is -0.433. The molecule has 1 nitrogen and oxygen atoms in total. The first-order valence-corrected chi connectivity index (χ1v) is 7.34. The lowest BCUT2D eigenvalue weighted by Crippen LogP contribution is -2.25. The van der Waals surface area contributed by atoms with Crippen molar-refractivity contribution in [2.45, 2.75) is 32.7 Å². The molecule has 0 amide bonds. The molecule has 0 aromatic heterocycles. The van der Waals surface area contributed by atoms with Crippen LogP contribution in [-0.2, 0) is 6.42 Å². The highest BCUT2D eigenvalue weighted by molar-refractivity contribution is 5.31. The van der Waals surface area contributed by atoms with E-state index in [4.69, 9.17) is 0 Å². The van der Waals surface area contributed by atoms with Gasteiger partial charge in [-0.25, -0.2) is 8.78 Å². The largest absolute Gasteiger partial charge is 0.310 e. The van der Waals surface area contributed by atoms with Gasteiger partial charge in [0.1, 0.15) is 11.6 Å². The Bertz CT molecular complexity index is 596. The van der Waals surface area contributed by atoms with Gasteiger partial charge in [-0.3, -0.25) is 0 Å². The molecule has 0 bridgehead atoms. The van der Waals surface area contributed by atoms with Gasteiger partial charge in [0.25, 0.3) is 0 Å². The first-order valence-electron chi connectivity index (χ1n) is 7.34. The zero-order valence-corrected chi connectivity index (χ0v) is 12.5. The second kappa shape index (κ2) is 7.32. The van der Waals surface area contributed by atoms with Gasteiger partial charge in [-0.1, -0.05) is 31.2 Å². The predicted octanol–water partition coefficient (Wildman–Crippen LogP) is 4.56. The monoisotopic (exact) mass is 289 g/mol. The van der Waals surface area contributed by atoms with E-state index < -0.39 is 0 Å². The maximum atomic E-state index is 13.9. The number of halogens is 2. The summed E-state index contributed by atoms with van der Waals surface area (Å²) in [5.41, 5.74) is 2.59. The van der Waals surface area contributed by atoms with E-state index >= 15 is 0 Å². The van der Waals surface area contributed by atoms with E-state index in [1.54, 1.807) is 18.2 Å². The zero-order valence-electron chi connectivity index (χ0n) is 12.5. The van der Waals surface area contributed by atoms with Crippen LogP contribution >= 0.6 is 0 Å². The summed E-state index contributed by atoms with van der Waals surface area (Å²) in [5, 5.41) is 3.43. The van der Waals surface area contributed by atoms with Crippen molar-refractivity contribution in [1.29, 1.82) is 0 Å². The van der Waals surface area contributed by atoms with E-state index in [9.17, 15) is 8.78 Å². The molecule has 0 fully saturated rings. The minimum absolute atomic E-state index is 0.0116. The molecule has 0 aliphatic carbocycles. The van der Waals surface area contributed by atoms with Crippen LogP contribution in [0.1, 0.15) is 36.1 Å². The van der Waals surface area contributed by atoms with E-state index in [0.29, 0.717) is 12.0 Å². The van der Waals surface area contributed by atoms with Crippen molar-refractivity contribution in [2.75, 3.05) is 6.54 Å². The number of hydrogen-bond donors (Lipinski definition) is 1. The molecule has 3 heteroatoms. The van der Waals surface area contributed by atoms with Crippen LogP contribution in [0.25, 0.3) is 0 Å². The third-order valence-corrected chi connectivity index (χ3v) is 3.63. The Balaban J connectivity index is 2.27. The van der Waals surface area contributed by atoms with Crippen LogP contribution in [0.5, 0.6) is 0 Å². The van der Waals surface area contributed by atoms with Crippen LogP contribution in [0.15, 0.2) is 42.5 Å². The molecular formula is C18H21F2N. The Kier molecular flexibility index (Phi) is 5.45. The van der Waals surface area contributed by atoms with Gasteiger partial charge in [0.2, 0.25) is 0 Å². The molecule has 2 rings (SSSR count). The average Bonchev–Trinajstić information content (AvgIpc) is 2.46. The van der Waals surface area contributed by atoms with Crippen molar-refractivity contribution in [2.24, 2.45) is 0 Å². The highest BCUT2D eigenvalue weighted by Gasteiger charge is 2.16. The standard InChI is InChI=1S/C18H21F2N/c1-3-10-21-18(12-14-6-4-5-7-17(14)20)16-9-8-15(19)11-13(16)2/h4-9,11,18,21H,3,10,12H2,1-2H3. The summed E-state index contributed by atoms with van der Waals surface area (Å²) in [6.45, 7) is 4.82. The van der Waals surface area contributed by atoms with Gasteiger partial charge in [0.15, 0.2) is 0 Å². The van der Waals surface area contributed by atoms with Crippen LogP contribution in [0.4, 0.5) is 8.78 Å². The first-order chi connectivity index (χ1) is 10.1. The molecular weight excluding hydrogens is 268 g/mol. The third-order valence-electron chi connectivity index (χ3n) is 3.63. The number of nitrogens with one attached hydrogen (secondary N) is 1. The number of aryl methyl sites for hydroxylation is 1. The van der Waals surface area contributed by atoms with Crippen molar-refractivity contribution in [3.05, 3.63) is 70.8 Å². The van der Waals surface area contributed by atoms with E-state index in [1.165, 1.54) is 18.2 Å². The molecule has 2 aromatic rings. The lowest BCUT2D eigenvalue weighted by molar-refractivity contribution is 0.510. The zero-order chi connectivity index (χ0) is 15.2. The maximum Gasteiger partial charge on any atom is 0.126 e. The molecule has 1 N–H and O–H groups in total. The van der Waals surface area contributed by atoms with E-state index in [0.717, 1.165) is 24.1 Å². The molecule has 2 aromatic carbocycles. The first kappa shape index (κ1) is 15.6. The number of hydrogen-bond acceptors (Lipinski definition) is 1. The average molecular weight is 289 g/mol. The molecule has 0 spiro atoms. The van der Waals surface area contributed by atoms with Gasteiger partial charge in [-0.05, 0) is 61.2 Å². The molecule has 0 saturated heterocycles. The Morgan fingerprint density at radius 3 is 2.52 bits per heavy atom.